The highest BCUT2D eigenvalue weighted by molar-refractivity contribution is 8.00. The first-order valence-corrected chi connectivity index (χ1v) is 6.76. The van der Waals surface area contributed by atoms with E-state index in [0.29, 0.717) is 0 Å². The number of fused-ring (bicyclic) bond motifs is 1. The minimum atomic E-state index is -1.58. The molecule has 0 aromatic heterocycles. The molecule has 0 saturated carbocycles. The normalized spacial score (nSPS) is 42.8. The van der Waals surface area contributed by atoms with E-state index in [4.69, 9.17) is 5.73 Å². The molecule has 6 atom stereocenters. The first-order chi connectivity index (χ1) is 8.90. The fraction of sp³-hybridized carbons (Fsp3) is 0.800. The number of thioether (sulfide) groups is 1. The van der Waals surface area contributed by atoms with Gasteiger partial charge in [0.25, 0.3) is 0 Å². The predicted molar refractivity (Wildman–Crippen MR) is 64.9 cm³/mol. The van der Waals surface area contributed by atoms with Crippen molar-refractivity contribution in [1.29, 1.82) is 0 Å². The molecule has 2 rings (SSSR count). The van der Waals surface area contributed by atoms with E-state index >= 15 is 0 Å². The van der Waals surface area contributed by atoms with Crippen LogP contribution < -0.4 is 5.73 Å². The van der Waals surface area contributed by atoms with Gasteiger partial charge in [0, 0.05) is 5.75 Å². The molecule has 1 amide bonds. The Bertz CT molecular complexity index is 394. The van der Waals surface area contributed by atoms with Crippen LogP contribution in [-0.2, 0) is 14.3 Å². The highest BCUT2D eigenvalue weighted by Gasteiger charge is 2.53. The number of nitrogens with two attached hydrogens (primary N) is 1. The van der Waals surface area contributed by atoms with Crippen LogP contribution in [0.5, 0.6) is 0 Å². The molecule has 0 spiro atoms. The van der Waals surface area contributed by atoms with Crippen molar-refractivity contribution in [2.24, 2.45) is 5.73 Å². The Morgan fingerprint density at radius 3 is 2.58 bits per heavy atom. The number of rotatable bonds is 1. The second-order valence-corrected chi connectivity index (χ2v) is 5.66. The van der Waals surface area contributed by atoms with E-state index < -0.39 is 47.6 Å². The van der Waals surface area contributed by atoms with Crippen molar-refractivity contribution < 1.29 is 29.6 Å². The van der Waals surface area contributed by atoms with Gasteiger partial charge in [-0.05, 0) is 0 Å². The molecule has 0 bridgehead atoms. The summed E-state index contributed by atoms with van der Waals surface area (Å²) in [7, 11) is 1.20. The first kappa shape index (κ1) is 14.5. The van der Waals surface area contributed by atoms with Gasteiger partial charge in [-0.1, -0.05) is 0 Å². The summed E-state index contributed by atoms with van der Waals surface area (Å²) in [6.07, 6.45) is -4.50. The molecule has 9 heteroatoms. The van der Waals surface area contributed by atoms with Gasteiger partial charge in [0.15, 0.2) is 0 Å². The number of ether oxygens (including phenoxy) is 1. The van der Waals surface area contributed by atoms with Crippen LogP contribution in [0.15, 0.2) is 0 Å². The molecule has 2 heterocycles. The van der Waals surface area contributed by atoms with Gasteiger partial charge in [-0.25, -0.2) is 4.79 Å². The molecule has 0 aromatic rings. The van der Waals surface area contributed by atoms with Crippen molar-refractivity contribution in [2.75, 3.05) is 12.9 Å². The fourth-order valence-electron chi connectivity index (χ4n) is 2.29. The number of esters is 1. The largest absolute Gasteiger partial charge is 0.467 e. The Balaban J connectivity index is 2.35. The van der Waals surface area contributed by atoms with Crippen molar-refractivity contribution in [3.63, 3.8) is 0 Å². The topological polar surface area (TPSA) is 133 Å². The average molecular weight is 292 g/mol. The van der Waals surface area contributed by atoms with Crippen molar-refractivity contribution in [2.45, 2.75) is 35.8 Å². The van der Waals surface area contributed by atoms with Gasteiger partial charge in [0.1, 0.15) is 35.8 Å². The van der Waals surface area contributed by atoms with Crippen LogP contribution >= 0.6 is 11.8 Å². The number of aliphatic hydroxyl groups is 3. The highest BCUT2D eigenvalue weighted by Crippen LogP contribution is 2.36. The molecule has 0 aliphatic carbocycles. The van der Waals surface area contributed by atoms with Gasteiger partial charge >= 0.3 is 5.97 Å². The molecule has 5 N–H and O–H groups in total. The first-order valence-electron chi connectivity index (χ1n) is 5.71. The van der Waals surface area contributed by atoms with Crippen molar-refractivity contribution in [3.8, 4) is 0 Å². The van der Waals surface area contributed by atoms with Gasteiger partial charge in [-0.2, -0.15) is 0 Å². The van der Waals surface area contributed by atoms with Crippen LogP contribution in [0.4, 0.5) is 0 Å². The van der Waals surface area contributed by atoms with E-state index in [0.717, 1.165) is 16.7 Å². The van der Waals surface area contributed by atoms with Crippen LogP contribution in [0.25, 0.3) is 0 Å². The maximum Gasteiger partial charge on any atom is 0.329 e. The summed E-state index contributed by atoms with van der Waals surface area (Å²) in [6.45, 7) is 0. The molecule has 8 nitrogen and oxygen atoms in total. The number of carbonyl (C=O) groups is 2. The Morgan fingerprint density at radius 1 is 1.37 bits per heavy atom. The maximum atomic E-state index is 12.2. The van der Waals surface area contributed by atoms with Gasteiger partial charge < -0.3 is 30.7 Å². The maximum absolute atomic E-state index is 12.2. The Hall–Kier alpha value is -0.870. The number of amides is 1. The number of nitrogens with zero attached hydrogens (tertiary/aromatic N) is 1. The lowest BCUT2D eigenvalue weighted by Crippen LogP contribution is -2.54. The summed E-state index contributed by atoms with van der Waals surface area (Å²) in [5, 5.41) is 28.6. The summed E-state index contributed by atoms with van der Waals surface area (Å²) in [5.41, 5.74) is 5.56. The van der Waals surface area contributed by atoms with Gasteiger partial charge in [-0.15, -0.1) is 11.8 Å². The lowest BCUT2D eigenvalue weighted by atomic mass is 10.0. The van der Waals surface area contributed by atoms with E-state index in [9.17, 15) is 24.9 Å². The molecular formula is C10H16N2O6S. The second-order valence-electron chi connectivity index (χ2n) is 4.51. The van der Waals surface area contributed by atoms with E-state index in [1.807, 2.05) is 0 Å². The van der Waals surface area contributed by atoms with Gasteiger partial charge in [0.2, 0.25) is 5.91 Å². The Labute approximate surface area is 113 Å². The minimum Gasteiger partial charge on any atom is -0.467 e. The second kappa shape index (κ2) is 5.25. The monoisotopic (exact) mass is 292 g/mol. The minimum absolute atomic E-state index is 0.246. The number of carbonyl (C=O) groups excluding carboxylic acids is 2. The number of hydrogen-bond donors (Lipinski definition) is 4. The van der Waals surface area contributed by atoms with Crippen LogP contribution in [0.2, 0.25) is 0 Å². The molecule has 2 aliphatic rings. The van der Waals surface area contributed by atoms with Crippen molar-refractivity contribution in [3.05, 3.63) is 0 Å². The zero-order valence-electron chi connectivity index (χ0n) is 10.2. The van der Waals surface area contributed by atoms with Crippen LogP contribution in [0.1, 0.15) is 0 Å². The molecule has 2 saturated heterocycles. The van der Waals surface area contributed by atoms with Crippen molar-refractivity contribution in [1.82, 2.24) is 4.90 Å². The van der Waals surface area contributed by atoms with Gasteiger partial charge in [0.05, 0.1) is 7.11 Å². The van der Waals surface area contributed by atoms with Crippen molar-refractivity contribution >= 4 is 23.6 Å². The Kier molecular flexibility index (Phi) is 4.02. The van der Waals surface area contributed by atoms with Crippen LogP contribution in [0.3, 0.4) is 0 Å². The number of aliphatic hydroxyl groups excluding tert-OH is 3. The summed E-state index contributed by atoms with van der Waals surface area (Å²) in [6, 6.07) is -2.26. The van der Waals surface area contributed by atoms with E-state index in [-0.39, 0.29) is 5.75 Å². The predicted octanol–water partition coefficient (Wildman–Crippen LogP) is -3.15. The van der Waals surface area contributed by atoms with E-state index in [1.54, 1.807) is 0 Å². The zero-order chi connectivity index (χ0) is 14.3. The van der Waals surface area contributed by atoms with Crippen LogP contribution in [0, 0.1) is 0 Å². The van der Waals surface area contributed by atoms with E-state index in [2.05, 4.69) is 4.74 Å². The number of methoxy groups -OCH3 is 1. The molecule has 0 unspecified atom stereocenters. The third-order valence-electron chi connectivity index (χ3n) is 3.41. The Morgan fingerprint density at radius 2 is 2.00 bits per heavy atom. The summed E-state index contributed by atoms with van der Waals surface area (Å²) in [5.74, 6) is -1.06. The average Bonchev–Trinajstić information content (AvgIpc) is 2.84. The van der Waals surface area contributed by atoms with Crippen LogP contribution in [-0.4, -0.2) is 80.7 Å². The third kappa shape index (κ3) is 2.21. The quantitative estimate of drug-likeness (QED) is 0.372. The molecule has 2 fully saturated rings. The molecular weight excluding hydrogens is 276 g/mol. The van der Waals surface area contributed by atoms with Gasteiger partial charge in [-0.3, -0.25) is 4.79 Å². The van der Waals surface area contributed by atoms with E-state index in [1.165, 1.54) is 7.11 Å². The molecule has 2 aliphatic heterocycles. The SMILES string of the molecule is COC(=O)[C@@H]1CS[C@@H]2[C@H](O)[C@@H](O)[C@H](O)[C@H](N)C(=O)N21. The lowest BCUT2D eigenvalue weighted by Gasteiger charge is -2.29. The smallest absolute Gasteiger partial charge is 0.329 e. The summed E-state index contributed by atoms with van der Waals surface area (Å²) < 4.78 is 4.60. The third-order valence-corrected chi connectivity index (χ3v) is 4.76. The standard InChI is InChI=1S/C10H16N2O6S/c1-18-10(17)3-2-19-9-7(15)6(14)5(13)4(11)8(16)12(3)9/h3-7,9,13-15H,2,11H2,1H3/t3-,4-,5+,6-,7+,9+/m0/s1. The summed E-state index contributed by atoms with van der Waals surface area (Å²) >= 11 is 1.14. The molecule has 19 heavy (non-hydrogen) atoms. The number of hydrogen-bond acceptors (Lipinski definition) is 8. The molecule has 0 aromatic carbocycles. The molecule has 0 radical (unpaired) electrons. The highest BCUT2D eigenvalue weighted by atomic mass is 32.2. The summed E-state index contributed by atoms with van der Waals surface area (Å²) in [4.78, 5) is 24.9. The fourth-order valence-corrected chi connectivity index (χ4v) is 3.73. The molecule has 108 valence electrons. The lowest BCUT2D eigenvalue weighted by molar-refractivity contribution is -0.153. The zero-order valence-corrected chi connectivity index (χ0v) is 11.0.